The predicted octanol–water partition coefficient (Wildman–Crippen LogP) is 8.44. The lowest BCUT2D eigenvalue weighted by atomic mass is 9.82. The lowest BCUT2D eigenvalue weighted by Crippen LogP contribution is -2.47. The van der Waals surface area contributed by atoms with Crippen molar-refractivity contribution >= 4 is 42.6 Å². The normalized spacial score (nSPS) is 12.6. The molecule has 0 aromatic heterocycles. The fraction of sp³-hybridized carbons (Fsp3) is 0.182. The van der Waals surface area contributed by atoms with Crippen LogP contribution in [0.4, 0.5) is 0 Å². The Kier molecular flexibility index (Phi) is 10.0. The zero-order chi connectivity index (χ0) is 32.9. The molecular formula is C44H46OPSi. The Labute approximate surface area is 284 Å². The van der Waals surface area contributed by atoms with E-state index >= 15 is 0 Å². The molecule has 47 heavy (non-hydrogen) atoms. The van der Waals surface area contributed by atoms with Crippen LogP contribution >= 0.6 is 7.26 Å². The molecule has 0 aliphatic heterocycles. The van der Waals surface area contributed by atoms with Crippen molar-refractivity contribution in [1.29, 1.82) is 0 Å². The predicted molar refractivity (Wildman–Crippen MR) is 207 cm³/mol. The van der Waals surface area contributed by atoms with Gasteiger partial charge in [-0.05, 0) is 75.1 Å². The first-order chi connectivity index (χ1) is 22.8. The second-order valence-electron chi connectivity index (χ2n) is 13.7. The van der Waals surface area contributed by atoms with Gasteiger partial charge >= 0.3 is 0 Å². The molecule has 3 heteroatoms. The van der Waals surface area contributed by atoms with E-state index in [-0.39, 0.29) is 11.5 Å². The number of benzene rings is 6. The summed E-state index contributed by atoms with van der Waals surface area (Å²) in [6.07, 6.45) is 0.911. The largest absolute Gasteiger partial charge is 0.403 e. The zero-order valence-corrected chi connectivity index (χ0v) is 30.4. The Morgan fingerprint density at radius 2 is 0.915 bits per heavy atom. The van der Waals surface area contributed by atoms with Crippen LogP contribution in [0, 0.1) is 19.3 Å². The van der Waals surface area contributed by atoms with Gasteiger partial charge in [-0.3, -0.25) is 0 Å². The summed E-state index contributed by atoms with van der Waals surface area (Å²) >= 11 is 0. The van der Waals surface area contributed by atoms with E-state index in [2.05, 4.69) is 198 Å². The lowest BCUT2D eigenvalue weighted by Gasteiger charge is -2.40. The van der Waals surface area contributed by atoms with Crippen molar-refractivity contribution in [2.45, 2.75) is 46.9 Å². The minimum Gasteiger partial charge on any atom is -0.403 e. The van der Waals surface area contributed by atoms with Gasteiger partial charge in [0.1, 0.15) is 0 Å². The Balaban J connectivity index is 1.46. The van der Waals surface area contributed by atoms with E-state index in [0.717, 1.165) is 6.16 Å². The molecule has 0 aliphatic carbocycles. The fourth-order valence-electron chi connectivity index (χ4n) is 6.86. The van der Waals surface area contributed by atoms with Crippen LogP contribution in [0.25, 0.3) is 0 Å². The van der Waals surface area contributed by atoms with Crippen LogP contribution < -0.4 is 26.3 Å². The van der Waals surface area contributed by atoms with Gasteiger partial charge in [0, 0.05) is 6.16 Å². The van der Waals surface area contributed by atoms with Crippen molar-refractivity contribution in [1.82, 2.24) is 0 Å². The van der Waals surface area contributed by atoms with Crippen LogP contribution in [0.5, 0.6) is 0 Å². The monoisotopic (exact) mass is 649 g/mol. The van der Waals surface area contributed by atoms with Gasteiger partial charge in [0.2, 0.25) is 9.04 Å². The molecule has 1 unspecified atom stereocenters. The average molecular weight is 650 g/mol. The Morgan fingerprint density at radius 1 is 0.532 bits per heavy atom. The van der Waals surface area contributed by atoms with Gasteiger partial charge in [-0.25, -0.2) is 0 Å². The van der Waals surface area contributed by atoms with E-state index in [9.17, 15) is 0 Å². The first-order valence-corrected chi connectivity index (χ1v) is 20.3. The zero-order valence-electron chi connectivity index (χ0n) is 28.3. The molecule has 0 heterocycles. The SMILES string of the molecule is Cc1cc(C(O[SiH](c2ccccc2)c2ccccc2)C(C)(C)C)c(C)cc1C[P](c1ccccc1)(c1ccccc1)c1ccccc1. The van der Waals surface area contributed by atoms with Crippen molar-refractivity contribution < 1.29 is 4.43 Å². The summed E-state index contributed by atoms with van der Waals surface area (Å²) in [7, 11) is -4.00. The molecule has 1 atom stereocenters. The van der Waals surface area contributed by atoms with Gasteiger partial charge in [-0.1, -0.05) is 185 Å². The lowest BCUT2D eigenvalue weighted by molar-refractivity contribution is 0.0890. The Hall–Kier alpha value is -4.07. The number of hydrogen-bond donors (Lipinski definition) is 0. The molecule has 6 rings (SSSR count). The van der Waals surface area contributed by atoms with Gasteiger partial charge in [-0.15, -0.1) is 0 Å². The van der Waals surface area contributed by atoms with Crippen molar-refractivity contribution in [3.8, 4) is 0 Å². The first-order valence-electron chi connectivity index (χ1n) is 16.7. The van der Waals surface area contributed by atoms with Crippen molar-refractivity contribution in [3.05, 3.63) is 186 Å². The number of aryl methyl sites for hydroxylation is 2. The highest BCUT2D eigenvalue weighted by Gasteiger charge is 2.36. The average Bonchev–Trinajstić information content (AvgIpc) is 3.10. The molecule has 1 radical (unpaired) electrons. The third kappa shape index (κ3) is 7.11. The van der Waals surface area contributed by atoms with Gasteiger partial charge in [0.25, 0.3) is 0 Å². The molecule has 0 fully saturated rings. The van der Waals surface area contributed by atoms with Gasteiger partial charge in [0.05, 0.1) is 6.10 Å². The van der Waals surface area contributed by atoms with E-state index in [1.165, 1.54) is 48.5 Å². The summed E-state index contributed by atoms with van der Waals surface area (Å²) in [4.78, 5) is 0. The van der Waals surface area contributed by atoms with Gasteiger partial charge < -0.3 is 4.43 Å². The van der Waals surface area contributed by atoms with E-state index in [0.29, 0.717) is 0 Å². The summed E-state index contributed by atoms with van der Waals surface area (Å²) in [5.74, 6) is 0. The summed E-state index contributed by atoms with van der Waals surface area (Å²) in [6, 6.07) is 60.2. The number of rotatable bonds is 10. The molecule has 6 aromatic rings. The molecular weight excluding hydrogens is 604 g/mol. The Bertz CT molecular complexity index is 1730. The van der Waals surface area contributed by atoms with Crippen LogP contribution in [0.1, 0.15) is 49.1 Å². The molecule has 0 bridgehead atoms. The molecule has 1 nitrogen and oxygen atoms in total. The molecule has 0 saturated heterocycles. The van der Waals surface area contributed by atoms with Crippen LogP contribution in [-0.2, 0) is 10.6 Å². The van der Waals surface area contributed by atoms with Crippen LogP contribution in [0.2, 0.25) is 0 Å². The molecule has 6 aromatic carbocycles. The minimum atomic E-state index is -2.02. The smallest absolute Gasteiger partial charge is 0.240 e. The summed E-state index contributed by atoms with van der Waals surface area (Å²) in [6.45, 7) is 11.5. The molecule has 0 saturated carbocycles. The third-order valence-electron chi connectivity index (χ3n) is 9.27. The van der Waals surface area contributed by atoms with E-state index in [1.807, 2.05) is 0 Å². The second-order valence-corrected chi connectivity index (χ2v) is 19.5. The van der Waals surface area contributed by atoms with Crippen LogP contribution in [0.3, 0.4) is 0 Å². The van der Waals surface area contributed by atoms with Gasteiger partial charge in [0.15, 0.2) is 0 Å². The Morgan fingerprint density at radius 3 is 1.30 bits per heavy atom. The quantitative estimate of drug-likeness (QED) is 0.107. The van der Waals surface area contributed by atoms with Crippen molar-refractivity contribution in [2.24, 2.45) is 5.41 Å². The molecule has 0 amide bonds. The summed E-state index contributed by atoms with van der Waals surface area (Å²) in [5.41, 5.74) is 5.23. The maximum Gasteiger partial charge on any atom is 0.240 e. The third-order valence-corrected chi connectivity index (χ3v) is 16.1. The topological polar surface area (TPSA) is 9.23 Å². The van der Waals surface area contributed by atoms with E-state index in [1.54, 1.807) is 0 Å². The summed E-state index contributed by atoms with van der Waals surface area (Å²) in [5, 5.41) is 6.85. The van der Waals surface area contributed by atoms with Crippen molar-refractivity contribution in [3.63, 3.8) is 0 Å². The molecule has 0 spiro atoms. The van der Waals surface area contributed by atoms with Gasteiger partial charge in [-0.2, -0.15) is 0 Å². The van der Waals surface area contributed by atoms with E-state index < -0.39 is 16.3 Å². The van der Waals surface area contributed by atoms with Crippen LogP contribution in [-0.4, -0.2) is 9.04 Å². The van der Waals surface area contributed by atoms with Crippen molar-refractivity contribution in [2.75, 3.05) is 0 Å². The standard InChI is InChI=1S/C44H46OPSi/c1-34-32-42(43(44(3,4)5)45-47(40-27-17-9-18-28-40)41-29-19-10-20-30-41)35(2)31-36(34)33-46(37-21-11-6-12-22-37,38-23-13-7-14-24-38)39-25-15-8-16-26-39/h6-32,43,47H,33H2,1-5H3. The minimum absolute atomic E-state index is 0.0516. The summed E-state index contributed by atoms with van der Waals surface area (Å²) < 4.78 is 7.40. The highest BCUT2D eigenvalue weighted by Crippen LogP contribution is 2.58. The molecule has 0 aliphatic rings. The maximum atomic E-state index is 7.40. The molecule has 0 N–H and O–H groups in total. The molecule has 237 valence electrons. The highest BCUT2D eigenvalue weighted by atomic mass is 31.2. The highest BCUT2D eigenvalue weighted by molar-refractivity contribution is 7.95. The van der Waals surface area contributed by atoms with E-state index in [4.69, 9.17) is 4.43 Å². The first kappa shape index (κ1) is 32.9. The number of hydrogen-bond acceptors (Lipinski definition) is 1. The van der Waals surface area contributed by atoms with Crippen LogP contribution in [0.15, 0.2) is 164 Å². The second kappa shape index (κ2) is 14.4. The maximum absolute atomic E-state index is 7.40. The fourth-order valence-corrected chi connectivity index (χ4v) is 13.9.